The third-order valence-electron chi connectivity index (χ3n) is 6.00. The van der Waals surface area contributed by atoms with E-state index in [1.807, 2.05) is 43.5 Å². The zero-order valence-electron chi connectivity index (χ0n) is 19.5. The van der Waals surface area contributed by atoms with Crippen molar-refractivity contribution in [1.29, 1.82) is 0 Å². The minimum atomic E-state index is -0.0324. The Bertz CT molecular complexity index is 1700. The summed E-state index contributed by atoms with van der Waals surface area (Å²) in [5.74, 6) is -0.0324. The number of nitrogens with one attached hydrogen (secondary N) is 3. The summed E-state index contributed by atoms with van der Waals surface area (Å²) >= 11 is 0. The SMILES string of the molecule is CCCC(=O)Nc1cncc(-c2cc3c(-c4cc5c(-c6cccnc6)ccnc5[nH]4)n[nH]c3cn2)c1. The third-order valence-corrected chi connectivity index (χ3v) is 6.00. The van der Waals surface area contributed by atoms with Crippen LogP contribution in [0.1, 0.15) is 19.8 Å². The van der Waals surface area contributed by atoms with Crippen LogP contribution in [-0.2, 0) is 4.79 Å². The van der Waals surface area contributed by atoms with Crippen LogP contribution >= 0.6 is 0 Å². The number of fused-ring (bicyclic) bond motifs is 2. The van der Waals surface area contributed by atoms with Crippen LogP contribution < -0.4 is 5.32 Å². The number of hydrogen-bond acceptors (Lipinski definition) is 6. The van der Waals surface area contributed by atoms with Crippen LogP contribution in [0, 0.1) is 0 Å². The third kappa shape index (κ3) is 3.96. The molecule has 0 aromatic carbocycles. The lowest BCUT2D eigenvalue weighted by molar-refractivity contribution is -0.116. The molecule has 0 bridgehead atoms. The van der Waals surface area contributed by atoms with Gasteiger partial charge in [0.25, 0.3) is 0 Å². The summed E-state index contributed by atoms with van der Waals surface area (Å²) in [6.45, 7) is 1.97. The van der Waals surface area contributed by atoms with E-state index >= 15 is 0 Å². The Morgan fingerprint density at radius 1 is 0.944 bits per heavy atom. The number of aromatic nitrogens is 7. The zero-order chi connectivity index (χ0) is 24.5. The number of carbonyl (C=O) groups is 1. The molecule has 0 aliphatic rings. The number of aromatic amines is 2. The van der Waals surface area contributed by atoms with Gasteiger partial charge in [-0.2, -0.15) is 5.10 Å². The first-order valence-electron chi connectivity index (χ1n) is 11.7. The first-order chi connectivity index (χ1) is 17.7. The van der Waals surface area contributed by atoms with Crippen molar-refractivity contribution in [2.24, 2.45) is 0 Å². The highest BCUT2D eigenvalue weighted by atomic mass is 16.1. The van der Waals surface area contributed by atoms with Crippen LogP contribution in [0.2, 0.25) is 0 Å². The molecule has 0 unspecified atom stereocenters. The molecule has 6 rings (SSSR count). The van der Waals surface area contributed by atoms with Gasteiger partial charge in [0.1, 0.15) is 11.3 Å². The monoisotopic (exact) mass is 474 g/mol. The molecule has 0 spiro atoms. The van der Waals surface area contributed by atoms with E-state index in [-0.39, 0.29) is 5.91 Å². The maximum atomic E-state index is 12.0. The Morgan fingerprint density at radius 2 is 1.86 bits per heavy atom. The van der Waals surface area contributed by atoms with Crippen molar-refractivity contribution < 1.29 is 4.79 Å². The quantitative estimate of drug-likeness (QED) is 0.298. The van der Waals surface area contributed by atoms with Gasteiger partial charge in [0.05, 0.1) is 35.0 Å². The molecule has 0 fully saturated rings. The van der Waals surface area contributed by atoms with E-state index in [1.165, 1.54) is 0 Å². The summed E-state index contributed by atoms with van der Waals surface area (Å²) in [5, 5.41) is 12.4. The van der Waals surface area contributed by atoms with Crippen molar-refractivity contribution in [2.45, 2.75) is 19.8 Å². The van der Waals surface area contributed by atoms with Crippen LogP contribution in [0.5, 0.6) is 0 Å². The number of carbonyl (C=O) groups excluding carboxylic acids is 1. The molecule has 0 atom stereocenters. The number of nitrogens with zero attached hydrogens (tertiary/aromatic N) is 5. The molecule has 0 saturated heterocycles. The number of H-pyrrole nitrogens is 2. The predicted octanol–water partition coefficient (Wildman–Crippen LogP) is 5.36. The van der Waals surface area contributed by atoms with E-state index in [0.717, 1.165) is 62.1 Å². The van der Waals surface area contributed by atoms with E-state index in [1.54, 1.807) is 31.0 Å². The Morgan fingerprint density at radius 3 is 2.72 bits per heavy atom. The Hall–Kier alpha value is -4.92. The molecule has 0 aliphatic heterocycles. The van der Waals surface area contributed by atoms with Gasteiger partial charge in [-0.3, -0.25) is 24.8 Å². The maximum absolute atomic E-state index is 12.0. The topological polar surface area (TPSA) is 125 Å². The zero-order valence-corrected chi connectivity index (χ0v) is 19.5. The molecular formula is C27H22N8O. The number of hydrogen-bond donors (Lipinski definition) is 3. The summed E-state index contributed by atoms with van der Waals surface area (Å²) in [6.07, 6.45) is 11.8. The van der Waals surface area contributed by atoms with Gasteiger partial charge in [0.15, 0.2) is 0 Å². The second-order valence-corrected chi connectivity index (χ2v) is 8.49. The van der Waals surface area contributed by atoms with Gasteiger partial charge in [-0.25, -0.2) is 4.98 Å². The van der Waals surface area contributed by atoms with Crippen molar-refractivity contribution in [3.8, 4) is 33.8 Å². The summed E-state index contributed by atoms with van der Waals surface area (Å²) in [4.78, 5) is 33.1. The molecular weight excluding hydrogens is 452 g/mol. The van der Waals surface area contributed by atoms with Crippen molar-refractivity contribution >= 4 is 33.5 Å². The second-order valence-electron chi connectivity index (χ2n) is 8.49. The molecule has 176 valence electrons. The number of pyridine rings is 4. The van der Waals surface area contributed by atoms with Crippen LogP contribution in [0.15, 0.2) is 73.6 Å². The van der Waals surface area contributed by atoms with E-state index in [4.69, 9.17) is 0 Å². The molecule has 6 aromatic heterocycles. The standard InChI is InChI=1S/C27H22N8O/c1-2-4-25(36)32-18-9-17(13-29-14-18)22-11-21-24(15-31-22)34-35-26(21)23-10-20-19(6-8-30-27(20)33-23)16-5-3-7-28-12-16/h3,5-15H,2,4H2,1H3,(H,30,33)(H,32,36)(H,34,35). The van der Waals surface area contributed by atoms with Crippen molar-refractivity contribution in [3.63, 3.8) is 0 Å². The minimum absolute atomic E-state index is 0.0324. The molecule has 6 aromatic rings. The van der Waals surface area contributed by atoms with E-state index in [0.29, 0.717) is 12.1 Å². The van der Waals surface area contributed by atoms with Crippen molar-refractivity contribution in [2.75, 3.05) is 5.32 Å². The fraction of sp³-hybridized carbons (Fsp3) is 0.111. The first-order valence-corrected chi connectivity index (χ1v) is 11.7. The lowest BCUT2D eigenvalue weighted by Gasteiger charge is -2.06. The Labute approximate surface area is 206 Å². The summed E-state index contributed by atoms with van der Waals surface area (Å²) < 4.78 is 0. The second kappa shape index (κ2) is 9.03. The fourth-order valence-corrected chi connectivity index (χ4v) is 4.31. The highest BCUT2D eigenvalue weighted by Gasteiger charge is 2.16. The highest BCUT2D eigenvalue weighted by molar-refractivity contribution is 6.00. The molecule has 0 radical (unpaired) electrons. The molecule has 3 N–H and O–H groups in total. The highest BCUT2D eigenvalue weighted by Crippen LogP contribution is 2.34. The van der Waals surface area contributed by atoms with Gasteiger partial charge in [-0.1, -0.05) is 13.0 Å². The Kier molecular flexibility index (Phi) is 5.42. The van der Waals surface area contributed by atoms with Crippen molar-refractivity contribution in [1.82, 2.24) is 35.1 Å². The fourth-order valence-electron chi connectivity index (χ4n) is 4.31. The lowest BCUT2D eigenvalue weighted by atomic mass is 10.1. The summed E-state index contributed by atoms with van der Waals surface area (Å²) in [7, 11) is 0. The molecule has 9 heteroatoms. The number of rotatable bonds is 6. The van der Waals surface area contributed by atoms with Crippen LogP contribution in [0.3, 0.4) is 0 Å². The van der Waals surface area contributed by atoms with E-state index < -0.39 is 0 Å². The molecule has 9 nitrogen and oxygen atoms in total. The minimum Gasteiger partial charge on any atom is -0.338 e. The molecule has 6 heterocycles. The van der Waals surface area contributed by atoms with E-state index in [2.05, 4.69) is 46.5 Å². The number of anilines is 1. The largest absolute Gasteiger partial charge is 0.338 e. The molecule has 36 heavy (non-hydrogen) atoms. The predicted molar refractivity (Wildman–Crippen MR) is 139 cm³/mol. The summed E-state index contributed by atoms with van der Waals surface area (Å²) in [5.41, 5.74) is 7.44. The van der Waals surface area contributed by atoms with Crippen LogP contribution in [0.25, 0.3) is 55.7 Å². The van der Waals surface area contributed by atoms with Gasteiger partial charge < -0.3 is 10.3 Å². The van der Waals surface area contributed by atoms with Crippen LogP contribution in [-0.4, -0.2) is 41.0 Å². The Balaban J connectivity index is 1.40. The average Bonchev–Trinajstić information content (AvgIpc) is 3.53. The van der Waals surface area contributed by atoms with Crippen LogP contribution in [0.4, 0.5) is 5.69 Å². The summed E-state index contributed by atoms with van der Waals surface area (Å²) in [6, 6.07) is 11.9. The molecule has 0 aliphatic carbocycles. The lowest BCUT2D eigenvalue weighted by Crippen LogP contribution is -2.10. The first kappa shape index (κ1) is 21.6. The van der Waals surface area contributed by atoms with Crippen molar-refractivity contribution in [3.05, 3.63) is 73.6 Å². The average molecular weight is 475 g/mol. The van der Waals surface area contributed by atoms with E-state index in [9.17, 15) is 4.79 Å². The maximum Gasteiger partial charge on any atom is 0.224 e. The normalized spacial score (nSPS) is 11.2. The smallest absolute Gasteiger partial charge is 0.224 e. The van der Waals surface area contributed by atoms with Gasteiger partial charge in [0, 0.05) is 53.1 Å². The van der Waals surface area contributed by atoms with Gasteiger partial charge in [-0.15, -0.1) is 0 Å². The van der Waals surface area contributed by atoms with Gasteiger partial charge in [-0.05, 0) is 42.3 Å². The molecule has 0 saturated carbocycles. The molecule has 1 amide bonds. The number of amides is 1. The van der Waals surface area contributed by atoms with Gasteiger partial charge >= 0.3 is 0 Å². The van der Waals surface area contributed by atoms with Gasteiger partial charge in [0.2, 0.25) is 5.91 Å².